The van der Waals surface area contributed by atoms with Crippen molar-refractivity contribution in [3.05, 3.63) is 0 Å². The second-order valence-corrected chi connectivity index (χ2v) is 8.18. The van der Waals surface area contributed by atoms with E-state index in [1.54, 1.807) is 0 Å². The number of hydrogen-bond acceptors (Lipinski definition) is 5. The summed E-state index contributed by atoms with van der Waals surface area (Å²) < 4.78 is 23.9. The number of carbonyl (C=O) groups excluding carboxylic acids is 1. The summed E-state index contributed by atoms with van der Waals surface area (Å²) in [5.74, 6) is 0.116. The summed E-state index contributed by atoms with van der Waals surface area (Å²) >= 11 is 0. The van der Waals surface area contributed by atoms with Crippen molar-refractivity contribution in [3.8, 4) is 0 Å². The largest absolute Gasteiger partial charge is 0.485 e. The van der Waals surface area contributed by atoms with Gasteiger partial charge in [-0.3, -0.25) is 9.69 Å². The molecule has 7 heteroatoms. The molecular weight excluding hydrogens is 297 g/mol. The van der Waals surface area contributed by atoms with E-state index in [9.17, 15) is 4.79 Å². The van der Waals surface area contributed by atoms with E-state index in [2.05, 4.69) is 0 Å². The first kappa shape index (κ1) is 15.9. The van der Waals surface area contributed by atoms with Gasteiger partial charge in [-0.2, -0.15) is 0 Å². The van der Waals surface area contributed by atoms with Gasteiger partial charge in [-0.15, -0.1) is 0 Å². The van der Waals surface area contributed by atoms with Gasteiger partial charge in [0.1, 0.15) is 18.1 Å². The average Bonchev–Trinajstić information content (AvgIpc) is 2.98. The lowest BCUT2D eigenvalue weighted by Crippen LogP contribution is -2.49. The first-order chi connectivity index (χ1) is 10.7. The fraction of sp³-hybridized carbons (Fsp3) is 0.938. The molecule has 1 aliphatic carbocycles. The third-order valence-electron chi connectivity index (χ3n) is 6.15. The first-order valence-electron chi connectivity index (χ1n) is 8.72. The number of nitrogens with zero attached hydrogens (tertiary/aromatic N) is 1. The zero-order valence-electron chi connectivity index (χ0n) is 14.5. The third-order valence-corrected chi connectivity index (χ3v) is 6.15. The van der Waals surface area contributed by atoms with Gasteiger partial charge in [0.2, 0.25) is 0 Å². The molecule has 2 unspecified atom stereocenters. The van der Waals surface area contributed by atoms with Crippen LogP contribution < -0.4 is 0 Å². The topological polar surface area (TPSA) is 57.2 Å². The van der Waals surface area contributed by atoms with Gasteiger partial charge in [0.15, 0.2) is 0 Å². The molecule has 1 spiro atoms. The Balaban J connectivity index is 1.37. The molecule has 0 aromatic heterocycles. The molecule has 4 rings (SSSR count). The number of hydrogen-bond donors (Lipinski definition) is 0. The van der Waals surface area contributed by atoms with Crippen LogP contribution in [0.2, 0.25) is 0 Å². The molecule has 0 bridgehead atoms. The number of ether oxygens (including phenoxy) is 2. The van der Waals surface area contributed by atoms with Gasteiger partial charge >= 0.3 is 7.12 Å². The summed E-state index contributed by atoms with van der Waals surface area (Å²) in [6.45, 7) is 8.43. The van der Waals surface area contributed by atoms with Crippen LogP contribution in [0.4, 0.5) is 0 Å². The maximum absolute atomic E-state index is 12.7. The molecule has 4 fully saturated rings. The summed E-state index contributed by atoms with van der Waals surface area (Å²) in [7, 11) is -0.393. The normalized spacial score (nSPS) is 36.6. The Morgan fingerprint density at radius 3 is 2.39 bits per heavy atom. The summed E-state index contributed by atoms with van der Waals surface area (Å²) in [4.78, 5) is 14.5. The molecule has 6 nitrogen and oxygen atoms in total. The van der Waals surface area contributed by atoms with Crippen LogP contribution in [-0.2, 0) is 23.6 Å². The van der Waals surface area contributed by atoms with Gasteiger partial charge in [-0.25, -0.2) is 0 Å². The van der Waals surface area contributed by atoms with E-state index in [0.29, 0.717) is 6.51 Å². The molecule has 0 N–H and O–H groups in total. The van der Waals surface area contributed by atoms with Crippen molar-refractivity contribution in [1.29, 1.82) is 0 Å². The Hall–Kier alpha value is -0.625. The molecule has 0 aromatic carbocycles. The first-order valence-corrected chi connectivity index (χ1v) is 8.72. The quantitative estimate of drug-likeness (QED) is 0.742. The summed E-state index contributed by atoms with van der Waals surface area (Å²) in [5.41, 5.74) is -1.25. The van der Waals surface area contributed by atoms with Gasteiger partial charge in [0.05, 0.1) is 17.7 Å². The van der Waals surface area contributed by atoms with Crippen molar-refractivity contribution in [2.45, 2.75) is 89.1 Å². The van der Waals surface area contributed by atoms with Crippen LogP contribution in [0.25, 0.3) is 0 Å². The Labute approximate surface area is 137 Å². The summed E-state index contributed by atoms with van der Waals surface area (Å²) in [5, 5.41) is 0. The maximum Gasteiger partial charge on any atom is 0.485 e. The molecular formula is C16H26BNO5. The highest BCUT2D eigenvalue weighted by molar-refractivity contribution is 6.45. The van der Waals surface area contributed by atoms with E-state index < -0.39 is 12.7 Å². The standard InChI is InChI=1S/C16H26BNO5/c1-14(2)15(3,4)23-17(22-14)10-20-11-6-7-12-18(11)13(19)16(21-12)8-5-9-16/h11-12H,5-10H2,1-4H3. The van der Waals surface area contributed by atoms with Crippen LogP contribution in [0.5, 0.6) is 0 Å². The fourth-order valence-electron chi connectivity index (χ4n) is 3.89. The second kappa shape index (κ2) is 4.94. The van der Waals surface area contributed by atoms with Crippen LogP contribution in [0.15, 0.2) is 0 Å². The van der Waals surface area contributed by atoms with Crippen molar-refractivity contribution in [3.63, 3.8) is 0 Å². The predicted molar refractivity (Wildman–Crippen MR) is 83.4 cm³/mol. The molecule has 3 aliphatic heterocycles. The Morgan fingerprint density at radius 2 is 1.83 bits per heavy atom. The van der Waals surface area contributed by atoms with Gasteiger partial charge in [0, 0.05) is 0 Å². The third kappa shape index (κ3) is 2.28. The van der Waals surface area contributed by atoms with Crippen molar-refractivity contribution < 1.29 is 23.6 Å². The minimum absolute atomic E-state index is 0.105. The summed E-state index contributed by atoms with van der Waals surface area (Å²) in [6.07, 6.45) is 4.11. The molecule has 0 aromatic rings. The molecule has 23 heavy (non-hydrogen) atoms. The highest BCUT2D eigenvalue weighted by atomic mass is 16.7. The van der Waals surface area contributed by atoms with Crippen molar-refractivity contribution in [2.24, 2.45) is 0 Å². The SMILES string of the molecule is CC1(C)OB(COC2CCC3OC4(CCC4)C(=O)N23)OC1(C)C. The predicted octanol–water partition coefficient (Wildman–Crippen LogP) is 1.86. The number of rotatable bonds is 3. The minimum atomic E-state index is -0.531. The molecule has 3 saturated heterocycles. The Morgan fingerprint density at radius 1 is 1.17 bits per heavy atom. The van der Waals surface area contributed by atoms with Crippen LogP contribution in [0.3, 0.4) is 0 Å². The van der Waals surface area contributed by atoms with E-state index in [0.717, 1.165) is 32.1 Å². The Bertz CT molecular complexity index is 503. The minimum Gasteiger partial charge on any atom is -0.402 e. The van der Waals surface area contributed by atoms with Crippen LogP contribution in [0.1, 0.15) is 59.8 Å². The number of amides is 1. The summed E-state index contributed by atoms with van der Waals surface area (Å²) in [6, 6.07) is 0. The second-order valence-electron chi connectivity index (χ2n) is 8.18. The monoisotopic (exact) mass is 323 g/mol. The van der Waals surface area contributed by atoms with Crippen LogP contribution >= 0.6 is 0 Å². The van der Waals surface area contributed by atoms with E-state index in [1.165, 1.54) is 0 Å². The van der Waals surface area contributed by atoms with Crippen LogP contribution in [0, 0.1) is 0 Å². The van der Waals surface area contributed by atoms with E-state index >= 15 is 0 Å². The fourth-order valence-corrected chi connectivity index (χ4v) is 3.89. The van der Waals surface area contributed by atoms with Crippen molar-refractivity contribution in [1.82, 2.24) is 4.90 Å². The van der Waals surface area contributed by atoms with Crippen molar-refractivity contribution in [2.75, 3.05) is 6.51 Å². The average molecular weight is 323 g/mol. The van der Waals surface area contributed by atoms with Gasteiger partial charge in [0.25, 0.3) is 5.91 Å². The van der Waals surface area contributed by atoms with E-state index in [-0.39, 0.29) is 29.6 Å². The lowest BCUT2D eigenvalue weighted by Gasteiger charge is -2.35. The number of carbonyl (C=O) groups is 1. The van der Waals surface area contributed by atoms with Crippen LogP contribution in [-0.4, -0.2) is 53.7 Å². The van der Waals surface area contributed by atoms with E-state index in [4.69, 9.17) is 18.8 Å². The molecule has 1 saturated carbocycles. The lowest BCUT2D eigenvalue weighted by molar-refractivity contribution is -0.150. The molecule has 3 heterocycles. The van der Waals surface area contributed by atoms with Gasteiger partial charge < -0.3 is 18.8 Å². The highest BCUT2D eigenvalue weighted by Gasteiger charge is 2.60. The maximum atomic E-state index is 12.7. The van der Waals surface area contributed by atoms with Gasteiger partial charge in [-0.05, 0) is 59.8 Å². The Kier molecular flexibility index (Phi) is 3.41. The molecule has 0 radical (unpaired) electrons. The van der Waals surface area contributed by atoms with Crippen molar-refractivity contribution >= 4 is 13.0 Å². The lowest BCUT2D eigenvalue weighted by atomic mass is 9.79. The highest BCUT2D eigenvalue weighted by Crippen LogP contribution is 2.47. The molecule has 1 amide bonds. The molecule has 128 valence electrons. The smallest absolute Gasteiger partial charge is 0.402 e. The zero-order chi connectivity index (χ0) is 16.5. The van der Waals surface area contributed by atoms with E-state index in [1.807, 2.05) is 32.6 Å². The number of fused-ring (bicyclic) bond motifs is 1. The molecule has 4 aliphatic rings. The zero-order valence-corrected chi connectivity index (χ0v) is 14.5. The molecule has 2 atom stereocenters. The van der Waals surface area contributed by atoms with Gasteiger partial charge in [-0.1, -0.05) is 0 Å².